The predicted molar refractivity (Wildman–Crippen MR) is 147 cm³/mol. The van der Waals surface area contributed by atoms with E-state index in [0.717, 1.165) is 32.8 Å². The van der Waals surface area contributed by atoms with Gasteiger partial charge in [-0.1, -0.05) is 48.5 Å². The average Bonchev–Trinajstić information content (AvgIpc) is 3.25. The molecule has 8 nitrogen and oxygen atoms in total. The zero-order chi connectivity index (χ0) is 27.4. The van der Waals surface area contributed by atoms with Gasteiger partial charge in [0.25, 0.3) is 17.5 Å². The Morgan fingerprint density at radius 3 is 1.73 bits per heavy atom. The molecule has 0 saturated carbocycles. The molecule has 2 atom stereocenters. The minimum atomic E-state index is -0.463. The maximum absolute atomic E-state index is 13.6. The van der Waals surface area contributed by atoms with Crippen LogP contribution in [0.4, 0.5) is 5.69 Å². The van der Waals surface area contributed by atoms with Gasteiger partial charge in [0.15, 0.2) is 0 Å². The van der Waals surface area contributed by atoms with Gasteiger partial charge in [0.2, 0.25) is 0 Å². The van der Waals surface area contributed by atoms with Crippen molar-refractivity contribution in [3.05, 3.63) is 141 Å². The number of amides is 2. The largest absolute Gasteiger partial charge is 0.489 e. The van der Waals surface area contributed by atoms with E-state index in [0.29, 0.717) is 11.3 Å². The van der Waals surface area contributed by atoms with E-state index in [9.17, 15) is 19.7 Å². The number of nitro groups is 1. The molecular formula is C32H23N3O5. The Kier molecular flexibility index (Phi) is 5.55. The molecule has 1 fully saturated rings. The molecule has 4 aliphatic rings. The molecule has 0 N–H and O–H groups in total. The van der Waals surface area contributed by atoms with Crippen molar-refractivity contribution in [2.45, 2.75) is 18.4 Å². The molecule has 4 aromatic carbocycles. The summed E-state index contributed by atoms with van der Waals surface area (Å²) in [5, 5.41) is 16.2. The molecule has 1 heterocycles. The molecule has 2 amide bonds. The van der Waals surface area contributed by atoms with Crippen LogP contribution in [-0.4, -0.2) is 28.0 Å². The van der Waals surface area contributed by atoms with Gasteiger partial charge in [-0.15, -0.1) is 0 Å². The van der Waals surface area contributed by atoms with Crippen molar-refractivity contribution in [2.24, 2.45) is 16.9 Å². The number of carbonyl (C=O) groups is 2. The SMILES string of the molecule is O=C1C2C3c4ccccc4C(c4ccccc43)C2C(=O)N1/N=C/c1ccc(OCc2ccc([N+](=O)[O-])cc2)cc1. The molecule has 0 spiro atoms. The lowest BCUT2D eigenvalue weighted by Gasteiger charge is -2.45. The van der Waals surface area contributed by atoms with Gasteiger partial charge in [-0.3, -0.25) is 19.7 Å². The summed E-state index contributed by atoms with van der Waals surface area (Å²) in [5.41, 5.74) is 6.07. The molecule has 0 aromatic heterocycles. The number of hydrogen-bond donors (Lipinski definition) is 0. The maximum atomic E-state index is 13.6. The van der Waals surface area contributed by atoms with Gasteiger partial charge in [-0.2, -0.15) is 10.1 Å². The van der Waals surface area contributed by atoms with Crippen molar-refractivity contribution in [3.8, 4) is 5.75 Å². The van der Waals surface area contributed by atoms with Crippen molar-refractivity contribution in [2.75, 3.05) is 0 Å². The first-order valence-corrected chi connectivity index (χ1v) is 13.1. The van der Waals surface area contributed by atoms with Gasteiger partial charge < -0.3 is 4.74 Å². The molecule has 196 valence electrons. The summed E-state index contributed by atoms with van der Waals surface area (Å²) in [5.74, 6) is -1.15. The predicted octanol–water partition coefficient (Wildman–Crippen LogP) is 5.40. The Balaban J connectivity index is 1.09. The fourth-order valence-electron chi connectivity index (χ4n) is 6.43. The summed E-state index contributed by atoms with van der Waals surface area (Å²) in [6, 6.07) is 29.6. The standard InChI is InChI=1S/C32H23N3O5/c36-31-29-27-23-5-1-2-6-24(23)28(26-8-4-3-7-25(26)27)30(29)32(37)34(31)33-17-19-11-15-22(16-12-19)40-18-20-9-13-21(14-10-20)35(38)39/h1-17,27-30H,18H2/b33-17+. The highest BCUT2D eigenvalue weighted by atomic mass is 16.6. The number of imide groups is 1. The first-order valence-electron chi connectivity index (χ1n) is 13.1. The first kappa shape index (κ1) is 24.0. The molecule has 0 radical (unpaired) electrons. The number of benzene rings is 4. The fourth-order valence-corrected chi connectivity index (χ4v) is 6.43. The molecule has 2 unspecified atom stereocenters. The zero-order valence-electron chi connectivity index (χ0n) is 21.2. The van der Waals surface area contributed by atoms with E-state index in [4.69, 9.17) is 4.74 Å². The maximum Gasteiger partial charge on any atom is 0.269 e. The van der Waals surface area contributed by atoms with Crippen LogP contribution < -0.4 is 4.74 Å². The molecule has 3 aliphatic carbocycles. The van der Waals surface area contributed by atoms with Crippen LogP contribution in [0, 0.1) is 22.0 Å². The summed E-state index contributed by atoms with van der Waals surface area (Å²) in [4.78, 5) is 37.7. The van der Waals surface area contributed by atoms with Gasteiger partial charge in [-0.05, 0) is 69.8 Å². The van der Waals surface area contributed by atoms with Crippen LogP contribution in [0.25, 0.3) is 0 Å². The zero-order valence-corrected chi connectivity index (χ0v) is 21.2. The Hall–Kier alpha value is -5.11. The van der Waals surface area contributed by atoms with Gasteiger partial charge in [-0.25, -0.2) is 0 Å². The monoisotopic (exact) mass is 529 g/mol. The van der Waals surface area contributed by atoms with Crippen LogP contribution in [0.15, 0.2) is 102 Å². The Morgan fingerprint density at radius 2 is 1.25 bits per heavy atom. The van der Waals surface area contributed by atoms with E-state index in [2.05, 4.69) is 29.4 Å². The smallest absolute Gasteiger partial charge is 0.269 e. The van der Waals surface area contributed by atoms with Crippen LogP contribution in [-0.2, 0) is 16.2 Å². The summed E-state index contributed by atoms with van der Waals surface area (Å²) >= 11 is 0. The van der Waals surface area contributed by atoms with Gasteiger partial charge in [0.1, 0.15) is 12.4 Å². The molecule has 1 saturated heterocycles. The van der Waals surface area contributed by atoms with Gasteiger partial charge in [0, 0.05) is 24.0 Å². The van der Waals surface area contributed by atoms with E-state index in [1.54, 1.807) is 36.4 Å². The number of nitro benzene ring substituents is 1. The second-order valence-electron chi connectivity index (χ2n) is 10.3. The number of hydrazone groups is 1. The van der Waals surface area contributed by atoms with Crippen molar-refractivity contribution in [1.29, 1.82) is 0 Å². The minimum absolute atomic E-state index is 0.0309. The van der Waals surface area contributed by atoms with Crippen LogP contribution in [0.5, 0.6) is 5.75 Å². The summed E-state index contributed by atoms with van der Waals surface area (Å²) in [6.07, 6.45) is 1.52. The van der Waals surface area contributed by atoms with Crippen molar-refractivity contribution in [1.82, 2.24) is 5.01 Å². The van der Waals surface area contributed by atoms with E-state index in [1.807, 2.05) is 24.3 Å². The summed E-state index contributed by atoms with van der Waals surface area (Å²) in [6.45, 7) is 0.262. The van der Waals surface area contributed by atoms with Crippen molar-refractivity contribution >= 4 is 23.7 Å². The average molecular weight is 530 g/mol. The molecule has 40 heavy (non-hydrogen) atoms. The Bertz CT molecular complexity index is 1580. The third kappa shape index (κ3) is 3.71. The number of rotatable bonds is 6. The molecule has 4 aromatic rings. The van der Waals surface area contributed by atoms with Gasteiger partial charge in [0.05, 0.1) is 23.0 Å². The summed E-state index contributed by atoms with van der Waals surface area (Å²) in [7, 11) is 0. The lowest BCUT2D eigenvalue weighted by Crippen LogP contribution is -2.41. The number of carbonyl (C=O) groups excluding carboxylic acids is 2. The van der Waals surface area contributed by atoms with Crippen molar-refractivity contribution < 1.29 is 19.2 Å². The Morgan fingerprint density at radius 1 is 0.750 bits per heavy atom. The molecule has 1 aliphatic heterocycles. The second-order valence-corrected chi connectivity index (χ2v) is 10.3. The lowest BCUT2D eigenvalue weighted by molar-refractivity contribution is -0.384. The molecule has 2 bridgehead atoms. The lowest BCUT2D eigenvalue weighted by atomic mass is 9.55. The van der Waals surface area contributed by atoms with Crippen LogP contribution in [0.3, 0.4) is 0 Å². The highest BCUT2D eigenvalue weighted by molar-refractivity contribution is 6.08. The van der Waals surface area contributed by atoms with E-state index >= 15 is 0 Å². The topological polar surface area (TPSA) is 102 Å². The number of non-ortho nitro benzene ring substituents is 1. The Labute approximate surface area is 229 Å². The van der Waals surface area contributed by atoms with Gasteiger partial charge >= 0.3 is 0 Å². The number of nitrogens with zero attached hydrogens (tertiary/aromatic N) is 3. The van der Waals surface area contributed by atoms with Crippen molar-refractivity contribution in [3.63, 3.8) is 0 Å². The normalized spacial score (nSPS) is 22.2. The number of hydrogen-bond acceptors (Lipinski definition) is 6. The third-order valence-electron chi connectivity index (χ3n) is 8.18. The van der Waals surface area contributed by atoms with E-state index < -0.39 is 16.8 Å². The third-order valence-corrected chi connectivity index (χ3v) is 8.18. The molecule has 8 rings (SSSR count). The van der Waals surface area contributed by atoms with Crippen LogP contribution >= 0.6 is 0 Å². The van der Waals surface area contributed by atoms with E-state index in [-0.39, 0.29) is 35.9 Å². The quantitative estimate of drug-likeness (QED) is 0.144. The summed E-state index contributed by atoms with van der Waals surface area (Å²) < 4.78 is 5.78. The second kappa shape index (κ2) is 9.27. The highest BCUT2D eigenvalue weighted by Gasteiger charge is 2.61. The number of ether oxygens (including phenoxy) is 1. The molecular weight excluding hydrogens is 506 g/mol. The minimum Gasteiger partial charge on any atom is -0.489 e. The first-order chi connectivity index (χ1) is 19.5. The van der Waals surface area contributed by atoms with E-state index in [1.165, 1.54) is 18.3 Å². The highest BCUT2D eigenvalue weighted by Crippen LogP contribution is 2.60. The molecule has 8 heteroatoms. The fraction of sp³-hybridized carbons (Fsp3) is 0.156. The van der Waals surface area contributed by atoms with Crippen LogP contribution in [0.2, 0.25) is 0 Å². The van der Waals surface area contributed by atoms with Crippen LogP contribution in [0.1, 0.15) is 45.2 Å².